The predicted octanol–water partition coefficient (Wildman–Crippen LogP) is -3.09. The van der Waals surface area contributed by atoms with Gasteiger partial charge in [0.25, 0.3) is 0 Å². The van der Waals surface area contributed by atoms with Crippen molar-refractivity contribution in [2.45, 2.75) is 6.10 Å². The molecule has 0 fully saturated rings. The van der Waals surface area contributed by atoms with Crippen LogP contribution in [-0.4, -0.2) is 37.4 Å². The molecule has 6 nitrogen and oxygen atoms in total. The van der Waals surface area contributed by atoms with Gasteiger partial charge in [-0.2, -0.15) is 0 Å². The number of aliphatic hydroxyl groups excluding tert-OH is 1. The Kier molecular flexibility index (Phi) is 7.97. The topological polar surface area (TPSA) is 95.9 Å². The number of ether oxygens (including phenoxy) is 1. The molecule has 1 rings (SSSR count). The number of hydrogen-bond donors (Lipinski definition) is 1. The first-order valence-corrected chi connectivity index (χ1v) is 5.77. The van der Waals surface area contributed by atoms with Crippen molar-refractivity contribution in [3.05, 3.63) is 30.3 Å². The van der Waals surface area contributed by atoms with Gasteiger partial charge in [-0.15, -0.1) is 0 Å². The SMILES string of the molecule is O=S(=O)([O-])OCC(O)COc1ccccc1.[Na+]. The van der Waals surface area contributed by atoms with E-state index in [1.54, 1.807) is 30.3 Å². The van der Waals surface area contributed by atoms with E-state index in [0.29, 0.717) is 5.75 Å². The molecule has 0 aromatic heterocycles. The van der Waals surface area contributed by atoms with Gasteiger partial charge in [-0.3, -0.25) is 4.18 Å². The molecule has 0 aliphatic heterocycles. The molecule has 0 aliphatic rings. The normalized spacial score (nSPS) is 12.6. The Morgan fingerprint density at radius 1 is 1.24 bits per heavy atom. The van der Waals surface area contributed by atoms with Crippen molar-refractivity contribution in [1.29, 1.82) is 0 Å². The van der Waals surface area contributed by atoms with E-state index in [-0.39, 0.29) is 36.2 Å². The summed E-state index contributed by atoms with van der Waals surface area (Å²) in [5.41, 5.74) is 0. The molecule has 0 radical (unpaired) electrons. The average Bonchev–Trinajstić information content (AvgIpc) is 2.24. The standard InChI is InChI=1S/C9H12O6S.Na/c10-8(7-15-16(11,12)13)6-14-9-4-2-1-3-5-9;/h1-5,8,10H,6-7H2,(H,11,12,13);/q;+1/p-1. The third kappa shape index (κ3) is 8.56. The molecule has 1 aromatic carbocycles. The molecular formula is C9H11NaO6S. The maximum atomic E-state index is 10.1. The van der Waals surface area contributed by atoms with Crippen molar-refractivity contribution in [1.82, 2.24) is 0 Å². The van der Waals surface area contributed by atoms with Gasteiger partial charge in [-0.1, -0.05) is 18.2 Å². The number of benzene rings is 1. The molecule has 0 aliphatic carbocycles. The second kappa shape index (κ2) is 8.04. The zero-order chi connectivity index (χ0) is 12.0. The largest absolute Gasteiger partial charge is 1.00 e. The monoisotopic (exact) mass is 270 g/mol. The van der Waals surface area contributed by atoms with Gasteiger partial charge in [0.1, 0.15) is 18.5 Å². The molecular weight excluding hydrogens is 259 g/mol. The van der Waals surface area contributed by atoms with Gasteiger partial charge < -0.3 is 14.4 Å². The van der Waals surface area contributed by atoms with Gasteiger partial charge >= 0.3 is 29.6 Å². The molecule has 1 unspecified atom stereocenters. The summed E-state index contributed by atoms with van der Waals surface area (Å²) >= 11 is 0. The van der Waals surface area contributed by atoms with Crippen LogP contribution in [0.15, 0.2) is 30.3 Å². The van der Waals surface area contributed by atoms with Gasteiger partial charge in [0.2, 0.25) is 10.4 Å². The van der Waals surface area contributed by atoms with Gasteiger partial charge in [0, 0.05) is 0 Å². The molecule has 0 heterocycles. The molecule has 90 valence electrons. The van der Waals surface area contributed by atoms with Crippen LogP contribution in [0.1, 0.15) is 0 Å². The second-order valence-corrected chi connectivity index (χ2v) is 4.02. The number of para-hydroxylation sites is 1. The van der Waals surface area contributed by atoms with Crippen LogP contribution in [0.2, 0.25) is 0 Å². The predicted molar refractivity (Wildman–Crippen MR) is 53.6 cm³/mol. The smallest absolute Gasteiger partial charge is 0.726 e. The van der Waals surface area contributed by atoms with Crippen LogP contribution in [0.25, 0.3) is 0 Å². The minimum absolute atomic E-state index is 0. The zero-order valence-electron chi connectivity index (χ0n) is 9.28. The summed E-state index contributed by atoms with van der Waals surface area (Å²) in [4.78, 5) is 0. The molecule has 0 saturated heterocycles. The third-order valence-electron chi connectivity index (χ3n) is 1.59. The Labute approximate surface area is 122 Å². The van der Waals surface area contributed by atoms with Crippen molar-refractivity contribution < 1.29 is 56.6 Å². The number of rotatable bonds is 6. The van der Waals surface area contributed by atoms with Crippen molar-refractivity contribution in [3.63, 3.8) is 0 Å². The Morgan fingerprint density at radius 2 is 1.82 bits per heavy atom. The number of hydrogen-bond acceptors (Lipinski definition) is 6. The fraction of sp³-hybridized carbons (Fsp3) is 0.333. The first kappa shape index (κ1) is 16.9. The third-order valence-corrected chi connectivity index (χ3v) is 2.02. The quantitative estimate of drug-likeness (QED) is 0.334. The van der Waals surface area contributed by atoms with Gasteiger partial charge in [0.05, 0.1) is 6.61 Å². The number of aliphatic hydroxyl groups is 1. The maximum Gasteiger partial charge on any atom is 1.00 e. The summed E-state index contributed by atoms with van der Waals surface area (Å²) in [6.07, 6.45) is -1.18. The van der Waals surface area contributed by atoms with Crippen molar-refractivity contribution >= 4 is 10.4 Å². The average molecular weight is 270 g/mol. The minimum atomic E-state index is -4.77. The van der Waals surface area contributed by atoms with E-state index in [0.717, 1.165) is 0 Å². The van der Waals surface area contributed by atoms with Gasteiger partial charge in [0.15, 0.2) is 0 Å². The Hall–Kier alpha value is -0.150. The molecule has 1 N–H and O–H groups in total. The molecule has 17 heavy (non-hydrogen) atoms. The maximum absolute atomic E-state index is 10.1. The van der Waals surface area contributed by atoms with Gasteiger partial charge in [-0.05, 0) is 12.1 Å². The fourth-order valence-corrected chi connectivity index (χ4v) is 1.24. The van der Waals surface area contributed by atoms with E-state index < -0.39 is 23.1 Å². The van der Waals surface area contributed by atoms with E-state index in [4.69, 9.17) is 4.74 Å². The van der Waals surface area contributed by atoms with Crippen LogP contribution < -0.4 is 34.3 Å². The minimum Gasteiger partial charge on any atom is -0.726 e. The molecule has 0 saturated carbocycles. The summed E-state index contributed by atoms with van der Waals surface area (Å²) in [5, 5.41) is 9.22. The Bertz CT molecular complexity index is 407. The van der Waals surface area contributed by atoms with Crippen LogP contribution in [0.5, 0.6) is 5.75 Å². The molecule has 0 bridgehead atoms. The summed E-state index contributed by atoms with van der Waals surface area (Å²) in [6, 6.07) is 8.66. The van der Waals surface area contributed by atoms with E-state index in [1.165, 1.54) is 0 Å². The van der Waals surface area contributed by atoms with E-state index >= 15 is 0 Å². The summed E-state index contributed by atoms with van der Waals surface area (Å²) < 4.78 is 39.2. The first-order chi connectivity index (χ1) is 7.47. The summed E-state index contributed by atoms with van der Waals surface area (Å²) in [5.74, 6) is 0.534. The van der Waals surface area contributed by atoms with Crippen LogP contribution in [-0.2, 0) is 14.6 Å². The molecule has 1 aromatic rings. The van der Waals surface area contributed by atoms with E-state index in [1.807, 2.05) is 0 Å². The van der Waals surface area contributed by atoms with E-state index in [2.05, 4.69) is 4.18 Å². The van der Waals surface area contributed by atoms with E-state index in [9.17, 15) is 18.1 Å². The van der Waals surface area contributed by atoms with Crippen molar-refractivity contribution in [3.8, 4) is 5.75 Å². The van der Waals surface area contributed by atoms with Crippen LogP contribution in [0.3, 0.4) is 0 Å². The summed E-state index contributed by atoms with van der Waals surface area (Å²) in [7, 11) is -4.77. The van der Waals surface area contributed by atoms with Crippen LogP contribution in [0, 0.1) is 0 Å². The van der Waals surface area contributed by atoms with Crippen molar-refractivity contribution in [2.75, 3.05) is 13.2 Å². The van der Waals surface area contributed by atoms with Crippen molar-refractivity contribution in [2.24, 2.45) is 0 Å². The molecule has 0 spiro atoms. The van der Waals surface area contributed by atoms with Crippen LogP contribution in [0.4, 0.5) is 0 Å². The summed E-state index contributed by atoms with van der Waals surface area (Å²) in [6.45, 7) is -0.766. The zero-order valence-corrected chi connectivity index (χ0v) is 12.1. The second-order valence-electron chi connectivity index (χ2n) is 2.97. The first-order valence-electron chi connectivity index (χ1n) is 4.43. The molecule has 0 amide bonds. The Morgan fingerprint density at radius 3 is 2.35 bits per heavy atom. The molecule has 8 heteroatoms. The Balaban J connectivity index is 0.00000256. The van der Waals surface area contributed by atoms with Gasteiger partial charge in [-0.25, -0.2) is 8.42 Å². The van der Waals surface area contributed by atoms with Crippen LogP contribution >= 0.6 is 0 Å². The fourth-order valence-electron chi connectivity index (χ4n) is 0.919. The molecule has 1 atom stereocenters.